The smallest absolute Gasteiger partial charge is 0.385 e. The van der Waals surface area contributed by atoms with Crippen molar-refractivity contribution in [1.29, 1.82) is 0 Å². The Morgan fingerprint density at radius 1 is 1.09 bits per heavy atom. The van der Waals surface area contributed by atoms with E-state index in [1.54, 1.807) is 6.07 Å². The van der Waals surface area contributed by atoms with Gasteiger partial charge in [0.1, 0.15) is 0 Å². The number of benzene rings is 2. The number of hydrogen-bond donors (Lipinski definition) is 2. The molecule has 2 N–H and O–H groups in total. The van der Waals surface area contributed by atoms with Crippen LogP contribution in [-0.4, -0.2) is 56.8 Å². The van der Waals surface area contributed by atoms with Gasteiger partial charge in [-0.15, -0.1) is 0 Å². The molecule has 2 aromatic carbocycles. The number of likely N-dealkylation sites (tertiary alicyclic amines) is 1. The highest BCUT2D eigenvalue weighted by atomic mass is 19.4. The molecular weight excluding hydrogens is 455 g/mol. The first kappa shape index (κ1) is 25.5. The summed E-state index contributed by atoms with van der Waals surface area (Å²) in [5.41, 5.74) is -0.953. The lowest BCUT2D eigenvalue weighted by molar-refractivity contribution is -0.271. The number of anilines is 1. The zero-order valence-corrected chi connectivity index (χ0v) is 20.3. The van der Waals surface area contributed by atoms with Gasteiger partial charge in [0.05, 0.1) is 0 Å². The molecule has 0 saturated carbocycles. The molecule has 8 heteroatoms. The highest BCUT2D eigenvalue weighted by Gasteiger charge is 2.64. The van der Waals surface area contributed by atoms with Crippen LogP contribution in [0.3, 0.4) is 0 Å². The lowest BCUT2D eigenvalue weighted by Gasteiger charge is -2.51. The van der Waals surface area contributed by atoms with Crippen LogP contribution in [0.5, 0.6) is 0 Å². The standard InChI is InChI=1S/C27H34F3N3O2/c1-3-32-23-12-8-7-11-21(23)22-19-31-16-13-25(22)14-17-33(18-15-25)24(34)26(35-2,27(28,29)30)20-9-5-4-6-10-20/h4-12,22,31-32H,3,13-19H2,1-2H3/t22-,26-/m1/s1. The van der Waals surface area contributed by atoms with Crippen LogP contribution in [0.2, 0.25) is 0 Å². The van der Waals surface area contributed by atoms with E-state index >= 15 is 0 Å². The lowest BCUT2D eigenvalue weighted by atomic mass is 9.62. The number of methoxy groups -OCH3 is 1. The number of hydrogen-bond acceptors (Lipinski definition) is 4. The summed E-state index contributed by atoms with van der Waals surface area (Å²) in [6, 6.07) is 15.5. The Hall–Kier alpha value is -2.58. The molecule has 2 heterocycles. The first-order valence-corrected chi connectivity index (χ1v) is 12.3. The minimum atomic E-state index is -4.89. The Balaban J connectivity index is 1.61. The molecule has 190 valence electrons. The maximum Gasteiger partial charge on any atom is 0.430 e. The zero-order chi connectivity index (χ0) is 25.1. The number of para-hydroxylation sites is 1. The number of alkyl halides is 3. The van der Waals surface area contributed by atoms with Crippen LogP contribution >= 0.6 is 0 Å². The van der Waals surface area contributed by atoms with Gasteiger partial charge in [0.15, 0.2) is 0 Å². The van der Waals surface area contributed by atoms with Gasteiger partial charge in [-0.05, 0) is 49.8 Å². The van der Waals surface area contributed by atoms with E-state index in [0.29, 0.717) is 12.8 Å². The van der Waals surface area contributed by atoms with Crippen molar-refractivity contribution < 1.29 is 22.7 Å². The monoisotopic (exact) mass is 489 g/mol. The van der Waals surface area contributed by atoms with E-state index in [-0.39, 0.29) is 30.0 Å². The summed E-state index contributed by atoms with van der Waals surface area (Å²) < 4.78 is 48.3. The predicted octanol–water partition coefficient (Wildman–Crippen LogP) is 4.91. The number of piperidine rings is 2. The van der Waals surface area contributed by atoms with Crippen LogP contribution < -0.4 is 10.6 Å². The normalized spacial score (nSPS) is 22.0. The highest BCUT2D eigenvalue weighted by molar-refractivity contribution is 5.88. The highest BCUT2D eigenvalue weighted by Crippen LogP contribution is 2.51. The van der Waals surface area contributed by atoms with Crippen molar-refractivity contribution in [2.75, 3.05) is 45.2 Å². The minimum absolute atomic E-state index is 0.0751. The van der Waals surface area contributed by atoms with Crippen LogP contribution in [0.15, 0.2) is 54.6 Å². The molecule has 2 aromatic rings. The second-order valence-corrected chi connectivity index (χ2v) is 9.53. The Bertz CT molecular complexity index is 1010. The Morgan fingerprint density at radius 2 is 1.74 bits per heavy atom. The second kappa shape index (κ2) is 10.2. The molecule has 5 nitrogen and oxygen atoms in total. The van der Waals surface area contributed by atoms with Crippen molar-refractivity contribution >= 4 is 11.6 Å². The third-order valence-electron chi connectivity index (χ3n) is 7.82. The predicted molar refractivity (Wildman–Crippen MR) is 130 cm³/mol. The van der Waals surface area contributed by atoms with Crippen LogP contribution in [0.25, 0.3) is 0 Å². The van der Waals surface area contributed by atoms with Crippen LogP contribution in [-0.2, 0) is 15.1 Å². The van der Waals surface area contributed by atoms with Crippen LogP contribution in [0.1, 0.15) is 43.2 Å². The third-order valence-corrected chi connectivity index (χ3v) is 7.82. The van der Waals surface area contributed by atoms with E-state index in [9.17, 15) is 18.0 Å². The summed E-state index contributed by atoms with van der Waals surface area (Å²) in [6.07, 6.45) is -2.67. The molecule has 2 aliphatic rings. The summed E-state index contributed by atoms with van der Waals surface area (Å²) in [5.74, 6) is -0.820. The van der Waals surface area contributed by atoms with Gasteiger partial charge in [-0.2, -0.15) is 13.2 Å². The van der Waals surface area contributed by atoms with Crippen molar-refractivity contribution in [3.05, 3.63) is 65.7 Å². The average Bonchev–Trinajstić information content (AvgIpc) is 2.86. The van der Waals surface area contributed by atoms with Gasteiger partial charge in [-0.1, -0.05) is 48.5 Å². The number of ether oxygens (including phenoxy) is 1. The third kappa shape index (κ3) is 4.54. The van der Waals surface area contributed by atoms with Crippen molar-refractivity contribution in [2.24, 2.45) is 5.41 Å². The van der Waals surface area contributed by atoms with Crippen molar-refractivity contribution in [3.63, 3.8) is 0 Å². The second-order valence-electron chi connectivity index (χ2n) is 9.53. The number of carbonyl (C=O) groups excluding carboxylic acids is 1. The molecule has 4 rings (SSSR count). The number of halogens is 3. The summed E-state index contributed by atoms with van der Waals surface area (Å²) in [5, 5.41) is 6.96. The Morgan fingerprint density at radius 3 is 2.37 bits per heavy atom. The van der Waals surface area contributed by atoms with Crippen molar-refractivity contribution in [2.45, 2.75) is 43.9 Å². The van der Waals surface area contributed by atoms with Gasteiger partial charge in [-0.25, -0.2) is 0 Å². The maximum absolute atomic E-state index is 14.4. The van der Waals surface area contributed by atoms with E-state index in [4.69, 9.17) is 4.74 Å². The molecule has 0 bridgehead atoms. The van der Waals surface area contributed by atoms with Crippen LogP contribution in [0.4, 0.5) is 18.9 Å². The average molecular weight is 490 g/mol. The van der Waals surface area contributed by atoms with E-state index in [0.717, 1.165) is 38.9 Å². The largest absolute Gasteiger partial charge is 0.430 e. The summed E-state index contributed by atoms with van der Waals surface area (Å²) in [7, 11) is 0.963. The van der Waals surface area contributed by atoms with Gasteiger partial charge in [0, 0.05) is 50.5 Å². The summed E-state index contributed by atoms with van der Waals surface area (Å²) >= 11 is 0. The number of amides is 1. The van der Waals surface area contributed by atoms with Gasteiger partial charge in [0.2, 0.25) is 0 Å². The van der Waals surface area contributed by atoms with Gasteiger partial charge >= 0.3 is 6.18 Å². The molecular formula is C27H34F3N3O2. The molecule has 2 aliphatic heterocycles. The molecule has 2 fully saturated rings. The van der Waals surface area contributed by atoms with Crippen LogP contribution in [0, 0.1) is 5.41 Å². The minimum Gasteiger partial charge on any atom is -0.385 e. The Kier molecular flexibility index (Phi) is 7.43. The molecule has 0 radical (unpaired) electrons. The quantitative estimate of drug-likeness (QED) is 0.606. The zero-order valence-electron chi connectivity index (χ0n) is 20.3. The molecule has 0 aromatic heterocycles. The fourth-order valence-electron chi connectivity index (χ4n) is 5.95. The van der Waals surface area contributed by atoms with E-state index in [2.05, 4.69) is 29.7 Å². The molecule has 0 unspecified atom stereocenters. The van der Waals surface area contributed by atoms with Crippen molar-refractivity contribution in [1.82, 2.24) is 10.2 Å². The number of nitrogens with one attached hydrogen (secondary N) is 2. The molecule has 1 spiro atoms. The number of rotatable bonds is 6. The van der Waals surface area contributed by atoms with Gasteiger partial charge < -0.3 is 20.3 Å². The Labute approximate surface area is 205 Å². The van der Waals surface area contributed by atoms with Gasteiger partial charge in [-0.3, -0.25) is 4.79 Å². The van der Waals surface area contributed by atoms with E-state index in [1.165, 1.54) is 34.7 Å². The van der Waals surface area contributed by atoms with Crippen molar-refractivity contribution in [3.8, 4) is 0 Å². The number of nitrogens with zero attached hydrogens (tertiary/aromatic N) is 1. The fraction of sp³-hybridized carbons (Fsp3) is 0.519. The first-order valence-electron chi connectivity index (χ1n) is 12.3. The topological polar surface area (TPSA) is 53.6 Å². The summed E-state index contributed by atoms with van der Waals surface area (Å²) in [6.45, 7) is 5.08. The molecule has 2 atom stereocenters. The number of carbonyl (C=O) groups is 1. The van der Waals surface area contributed by atoms with E-state index in [1.807, 2.05) is 12.1 Å². The molecule has 0 aliphatic carbocycles. The summed E-state index contributed by atoms with van der Waals surface area (Å²) in [4.78, 5) is 14.9. The first-order chi connectivity index (χ1) is 16.8. The lowest BCUT2D eigenvalue weighted by Crippen LogP contribution is -2.59. The fourth-order valence-corrected chi connectivity index (χ4v) is 5.95. The van der Waals surface area contributed by atoms with E-state index < -0.39 is 17.7 Å². The maximum atomic E-state index is 14.4. The van der Waals surface area contributed by atoms with Gasteiger partial charge in [0.25, 0.3) is 11.5 Å². The molecule has 35 heavy (non-hydrogen) atoms. The molecule has 2 saturated heterocycles. The SMILES string of the molecule is CCNc1ccccc1[C@H]1CNCCC12CCN(C(=O)[C@](OC)(c1ccccc1)C(F)(F)F)CC2. The molecule has 1 amide bonds.